The van der Waals surface area contributed by atoms with Gasteiger partial charge >= 0.3 is 0 Å². The van der Waals surface area contributed by atoms with E-state index in [0.717, 1.165) is 32.1 Å². The van der Waals surface area contributed by atoms with Crippen LogP contribution in [-0.4, -0.2) is 5.78 Å². The van der Waals surface area contributed by atoms with Gasteiger partial charge in [0.2, 0.25) is 0 Å². The molecule has 19 heavy (non-hydrogen) atoms. The molecule has 0 aliphatic heterocycles. The summed E-state index contributed by atoms with van der Waals surface area (Å²) in [6.45, 7) is 0. The molecular formula is C18H18O. The first-order valence-corrected chi connectivity index (χ1v) is 7.02. The van der Waals surface area contributed by atoms with Crippen molar-refractivity contribution in [3.63, 3.8) is 0 Å². The largest absolute Gasteiger partial charge is 0.300 e. The van der Waals surface area contributed by atoms with E-state index in [9.17, 15) is 4.79 Å². The van der Waals surface area contributed by atoms with Crippen LogP contribution in [-0.2, 0) is 11.2 Å². The quantitative estimate of drug-likeness (QED) is 0.578. The normalized spacial score (nSPS) is 15.5. The highest BCUT2D eigenvalue weighted by Crippen LogP contribution is 2.35. The maximum absolute atomic E-state index is 10.2. The fourth-order valence-corrected chi connectivity index (χ4v) is 2.85. The molecule has 2 aliphatic rings. The minimum Gasteiger partial charge on any atom is -0.300 e. The summed E-state index contributed by atoms with van der Waals surface area (Å²) in [6, 6.07) is 17.3. The Morgan fingerprint density at radius 1 is 0.684 bits per heavy atom. The van der Waals surface area contributed by atoms with E-state index < -0.39 is 0 Å². The van der Waals surface area contributed by atoms with Gasteiger partial charge in [0.05, 0.1) is 0 Å². The highest BCUT2D eigenvalue weighted by molar-refractivity contribution is 5.80. The van der Waals surface area contributed by atoms with Gasteiger partial charge in [0.1, 0.15) is 5.78 Å². The molecule has 1 fully saturated rings. The third-order valence-corrected chi connectivity index (χ3v) is 3.87. The van der Waals surface area contributed by atoms with E-state index >= 15 is 0 Å². The molecule has 0 atom stereocenters. The van der Waals surface area contributed by atoms with Gasteiger partial charge in [-0.05, 0) is 41.5 Å². The van der Waals surface area contributed by atoms with Crippen molar-refractivity contribution in [2.75, 3.05) is 0 Å². The minimum absolute atomic E-state index is 0.454. The van der Waals surface area contributed by atoms with Crippen LogP contribution >= 0.6 is 0 Å². The first-order chi connectivity index (χ1) is 9.34. The van der Waals surface area contributed by atoms with Crippen LogP contribution in [0.5, 0.6) is 0 Å². The lowest BCUT2D eigenvalue weighted by atomic mass is 10.1. The lowest BCUT2D eigenvalue weighted by molar-refractivity contribution is -0.117. The number of benzene rings is 2. The first-order valence-electron chi connectivity index (χ1n) is 7.02. The minimum atomic E-state index is 0.454. The zero-order chi connectivity index (χ0) is 13.1. The van der Waals surface area contributed by atoms with Crippen LogP contribution in [0.25, 0.3) is 11.1 Å². The number of ketones is 1. The number of carbonyl (C=O) groups is 1. The fraction of sp³-hybridized carbons (Fsp3) is 0.278. The van der Waals surface area contributed by atoms with Crippen LogP contribution in [0.4, 0.5) is 0 Å². The smallest absolute Gasteiger partial charge is 0.132 e. The average molecular weight is 250 g/mol. The highest BCUT2D eigenvalue weighted by Gasteiger charge is 2.15. The Morgan fingerprint density at radius 2 is 1.16 bits per heavy atom. The van der Waals surface area contributed by atoms with E-state index in [0.29, 0.717) is 5.78 Å². The highest BCUT2D eigenvalue weighted by atomic mass is 16.1. The molecule has 0 unspecified atom stereocenters. The summed E-state index contributed by atoms with van der Waals surface area (Å²) in [5, 5.41) is 0. The van der Waals surface area contributed by atoms with Crippen LogP contribution in [0.15, 0.2) is 48.5 Å². The van der Waals surface area contributed by atoms with Gasteiger partial charge in [-0.3, -0.25) is 4.79 Å². The van der Waals surface area contributed by atoms with Gasteiger partial charge in [-0.1, -0.05) is 48.5 Å². The molecule has 2 aromatic carbocycles. The van der Waals surface area contributed by atoms with Gasteiger partial charge in [0.15, 0.2) is 0 Å². The summed E-state index contributed by atoms with van der Waals surface area (Å²) < 4.78 is 0. The fourth-order valence-electron chi connectivity index (χ4n) is 2.85. The summed E-state index contributed by atoms with van der Waals surface area (Å²) in [7, 11) is 0. The molecule has 0 bridgehead atoms. The van der Waals surface area contributed by atoms with Gasteiger partial charge in [0, 0.05) is 12.8 Å². The molecular weight excluding hydrogens is 232 g/mol. The third-order valence-electron chi connectivity index (χ3n) is 3.87. The summed E-state index contributed by atoms with van der Waals surface area (Å²) in [5.41, 5.74) is 5.75. The van der Waals surface area contributed by atoms with E-state index in [4.69, 9.17) is 0 Å². The van der Waals surface area contributed by atoms with Crippen LogP contribution < -0.4 is 0 Å². The molecule has 0 amide bonds. The van der Waals surface area contributed by atoms with Crippen molar-refractivity contribution in [1.82, 2.24) is 0 Å². The summed E-state index contributed by atoms with van der Waals surface area (Å²) >= 11 is 0. The molecule has 0 radical (unpaired) electrons. The van der Waals surface area contributed by atoms with Crippen LogP contribution in [0.2, 0.25) is 0 Å². The van der Waals surface area contributed by atoms with E-state index in [-0.39, 0.29) is 0 Å². The lowest BCUT2D eigenvalue weighted by Gasteiger charge is -1.98. The maximum atomic E-state index is 10.2. The molecule has 2 aromatic rings. The van der Waals surface area contributed by atoms with Crippen molar-refractivity contribution in [3.8, 4) is 11.1 Å². The van der Waals surface area contributed by atoms with E-state index in [1.807, 2.05) is 0 Å². The Labute approximate surface area is 114 Å². The van der Waals surface area contributed by atoms with Crippen molar-refractivity contribution in [2.24, 2.45) is 0 Å². The molecule has 96 valence electrons. The Balaban J connectivity index is 0.000000155. The zero-order valence-electron chi connectivity index (χ0n) is 11.1. The molecule has 4 rings (SSSR count). The van der Waals surface area contributed by atoms with Crippen LogP contribution in [0.1, 0.15) is 36.8 Å². The van der Waals surface area contributed by atoms with Gasteiger partial charge in [-0.2, -0.15) is 0 Å². The topological polar surface area (TPSA) is 17.1 Å². The number of fused-ring (bicyclic) bond motifs is 3. The number of Topliss-reactive ketones (excluding diaryl/α,β-unsaturated/α-hetero) is 1. The number of carbonyl (C=O) groups excluding carboxylic acids is 1. The molecule has 0 spiro atoms. The predicted molar refractivity (Wildman–Crippen MR) is 78.2 cm³/mol. The van der Waals surface area contributed by atoms with Crippen molar-refractivity contribution in [1.29, 1.82) is 0 Å². The number of hydrogen-bond donors (Lipinski definition) is 0. The summed E-state index contributed by atoms with van der Waals surface area (Å²) in [5.74, 6) is 0.454. The second kappa shape index (κ2) is 5.40. The van der Waals surface area contributed by atoms with Crippen molar-refractivity contribution >= 4 is 5.78 Å². The zero-order valence-corrected chi connectivity index (χ0v) is 11.1. The molecule has 1 heteroatoms. The molecule has 0 aromatic heterocycles. The first kappa shape index (κ1) is 12.2. The Hall–Kier alpha value is -1.89. The van der Waals surface area contributed by atoms with Gasteiger partial charge in [0.25, 0.3) is 0 Å². The van der Waals surface area contributed by atoms with Crippen LogP contribution in [0.3, 0.4) is 0 Å². The van der Waals surface area contributed by atoms with E-state index in [1.54, 1.807) is 0 Å². The van der Waals surface area contributed by atoms with Gasteiger partial charge in [-0.25, -0.2) is 0 Å². The maximum Gasteiger partial charge on any atom is 0.132 e. The van der Waals surface area contributed by atoms with Gasteiger partial charge < -0.3 is 0 Å². The summed E-state index contributed by atoms with van der Waals surface area (Å²) in [4.78, 5) is 10.2. The molecule has 1 saturated carbocycles. The Bertz CT molecular complexity index is 547. The standard InChI is InChI=1S/C13H10.C5H8O/c1-3-7-12-10(5-1)9-11-6-2-4-8-13(11)12;6-5-3-1-2-4-5/h1-8H,9H2;1-4H2. The number of rotatable bonds is 0. The molecule has 0 N–H and O–H groups in total. The Kier molecular flexibility index (Phi) is 3.45. The van der Waals surface area contributed by atoms with Crippen molar-refractivity contribution < 1.29 is 4.79 Å². The summed E-state index contributed by atoms with van der Waals surface area (Å²) in [6.07, 6.45) is 5.07. The third kappa shape index (κ3) is 2.60. The molecule has 2 aliphatic carbocycles. The van der Waals surface area contributed by atoms with Crippen molar-refractivity contribution in [3.05, 3.63) is 59.7 Å². The average Bonchev–Trinajstić information content (AvgIpc) is 3.06. The van der Waals surface area contributed by atoms with Crippen LogP contribution in [0, 0.1) is 0 Å². The molecule has 1 nitrogen and oxygen atoms in total. The monoisotopic (exact) mass is 250 g/mol. The Morgan fingerprint density at radius 3 is 1.58 bits per heavy atom. The van der Waals surface area contributed by atoms with Crippen molar-refractivity contribution in [2.45, 2.75) is 32.1 Å². The molecule has 0 saturated heterocycles. The SMILES string of the molecule is O=C1CCCC1.c1ccc2c(c1)Cc1ccccc1-2. The lowest BCUT2D eigenvalue weighted by Crippen LogP contribution is -1.81. The second-order valence-electron chi connectivity index (χ2n) is 5.24. The number of hydrogen-bond acceptors (Lipinski definition) is 1. The van der Waals surface area contributed by atoms with Gasteiger partial charge in [-0.15, -0.1) is 0 Å². The molecule has 0 heterocycles. The predicted octanol–water partition coefficient (Wildman–Crippen LogP) is 4.39. The van der Waals surface area contributed by atoms with E-state index in [1.165, 1.54) is 22.3 Å². The second-order valence-corrected chi connectivity index (χ2v) is 5.24. The van der Waals surface area contributed by atoms with E-state index in [2.05, 4.69) is 48.5 Å².